The fraction of sp³-hybridized carbons (Fsp3) is 0.100. The van der Waals surface area contributed by atoms with E-state index in [-0.39, 0.29) is 16.4 Å². The maximum Gasteiger partial charge on any atom is 0.416 e. The van der Waals surface area contributed by atoms with Crippen LogP contribution in [0.3, 0.4) is 0 Å². The highest BCUT2D eigenvalue weighted by molar-refractivity contribution is 9.10. The molecule has 0 bridgehead atoms. The Labute approximate surface area is 178 Å². The van der Waals surface area contributed by atoms with E-state index in [0.29, 0.717) is 10.2 Å². The highest BCUT2D eigenvalue weighted by Crippen LogP contribution is 2.36. The smallest absolute Gasteiger partial charge is 0.416 e. The number of benzene rings is 3. The molecule has 9 heteroatoms. The average Bonchev–Trinajstić information content (AvgIpc) is 2.67. The van der Waals surface area contributed by atoms with Crippen molar-refractivity contribution in [3.05, 3.63) is 70.2 Å². The quantitative estimate of drug-likeness (QED) is 0.466. The molecule has 0 radical (unpaired) electrons. The van der Waals surface area contributed by atoms with Gasteiger partial charge in [0.05, 0.1) is 22.7 Å². The minimum Gasteiger partial charge on any atom is -0.495 e. The van der Waals surface area contributed by atoms with Gasteiger partial charge >= 0.3 is 6.18 Å². The van der Waals surface area contributed by atoms with Gasteiger partial charge in [-0.3, -0.25) is 10.1 Å². The zero-order chi connectivity index (χ0) is 21.2. The topological polar surface area (TPSA) is 50.4 Å². The molecule has 0 saturated carbocycles. The van der Waals surface area contributed by atoms with Crippen LogP contribution in [0.2, 0.25) is 0 Å². The summed E-state index contributed by atoms with van der Waals surface area (Å²) in [5, 5.41) is 6.60. The standard InChI is InChI=1S/C20H14BrF3N2O2S/c1-28-17-15(9-11-5-2-3-8-14(11)16(17)21)18(27)26-19(29)25-13-7-4-6-12(10-13)20(22,23)24/h2-10H,1H3,(H2,25,26,27,29). The van der Waals surface area contributed by atoms with E-state index >= 15 is 0 Å². The van der Waals surface area contributed by atoms with Gasteiger partial charge in [-0.15, -0.1) is 0 Å². The molecule has 1 amide bonds. The Morgan fingerprint density at radius 1 is 1.10 bits per heavy atom. The highest BCUT2D eigenvalue weighted by atomic mass is 79.9. The van der Waals surface area contributed by atoms with E-state index in [9.17, 15) is 18.0 Å². The van der Waals surface area contributed by atoms with Gasteiger partial charge in [0, 0.05) is 5.69 Å². The fourth-order valence-corrected chi connectivity index (χ4v) is 3.71. The number of alkyl halides is 3. The van der Waals surface area contributed by atoms with Gasteiger partial charge in [0.2, 0.25) is 0 Å². The van der Waals surface area contributed by atoms with Crippen LogP contribution in [0, 0.1) is 0 Å². The Kier molecular flexibility index (Phi) is 6.09. The van der Waals surface area contributed by atoms with Gasteiger partial charge < -0.3 is 10.1 Å². The number of rotatable bonds is 3. The van der Waals surface area contributed by atoms with Crippen molar-refractivity contribution < 1.29 is 22.7 Å². The molecule has 0 aliphatic carbocycles. The third-order valence-corrected chi connectivity index (χ3v) is 5.06. The van der Waals surface area contributed by atoms with Gasteiger partial charge in [0.15, 0.2) is 5.11 Å². The summed E-state index contributed by atoms with van der Waals surface area (Å²) < 4.78 is 44.5. The Hall–Kier alpha value is -2.65. The molecule has 0 spiro atoms. The van der Waals surface area contributed by atoms with E-state index in [2.05, 4.69) is 26.6 Å². The van der Waals surface area contributed by atoms with Gasteiger partial charge in [0.1, 0.15) is 5.75 Å². The maximum atomic E-state index is 12.8. The normalized spacial score (nSPS) is 11.2. The molecule has 4 nitrogen and oxygen atoms in total. The second kappa shape index (κ2) is 8.38. The minimum absolute atomic E-state index is 0.108. The summed E-state index contributed by atoms with van der Waals surface area (Å²) in [6.07, 6.45) is -4.48. The van der Waals surface area contributed by atoms with Gasteiger partial charge in [-0.05, 0) is 63.2 Å². The Bertz CT molecular complexity index is 1100. The van der Waals surface area contributed by atoms with Gasteiger partial charge in [-0.1, -0.05) is 30.3 Å². The number of hydrogen-bond donors (Lipinski definition) is 2. The van der Waals surface area contributed by atoms with E-state index in [1.54, 1.807) is 6.07 Å². The first-order valence-corrected chi connectivity index (χ1v) is 9.45. The molecule has 29 heavy (non-hydrogen) atoms. The second-order valence-electron chi connectivity index (χ2n) is 5.98. The SMILES string of the molecule is COc1c(C(=O)NC(=S)Nc2cccc(C(F)(F)F)c2)cc2ccccc2c1Br. The van der Waals surface area contributed by atoms with Crippen LogP contribution in [0.1, 0.15) is 15.9 Å². The number of nitrogens with one attached hydrogen (secondary N) is 2. The van der Waals surface area contributed by atoms with Crippen molar-refractivity contribution in [2.75, 3.05) is 12.4 Å². The number of fused-ring (bicyclic) bond motifs is 1. The summed E-state index contributed by atoms with van der Waals surface area (Å²) >= 11 is 8.53. The molecule has 0 aromatic heterocycles. The first kappa shape index (κ1) is 21.1. The van der Waals surface area contributed by atoms with Crippen molar-refractivity contribution in [2.45, 2.75) is 6.18 Å². The van der Waals surface area contributed by atoms with E-state index in [4.69, 9.17) is 17.0 Å². The van der Waals surface area contributed by atoms with Crippen molar-refractivity contribution in [3.8, 4) is 5.75 Å². The van der Waals surface area contributed by atoms with E-state index < -0.39 is 17.6 Å². The van der Waals surface area contributed by atoms with Crippen molar-refractivity contribution in [2.24, 2.45) is 0 Å². The Morgan fingerprint density at radius 3 is 2.52 bits per heavy atom. The number of ether oxygens (including phenoxy) is 1. The number of thiocarbonyl (C=S) groups is 1. The average molecular weight is 483 g/mol. The third-order valence-electron chi connectivity index (χ3n) is 4.06. The predicted molar refractivity (Wildman–Crippen MR) is 113 cm³/mol. The first-order valence-electron chi connectivity index (χ1n) is 8.25. The van der Waals surface area contributed by atoms with Gasteiger partial charge in [-0.2, -0.15) is 13.2 Å². The van der Waals surface area contributed by atoms with Crippen LogP contribution in [-0.2, 0) is 6.18 Å². The predicted octanol–water partition coefficient (Wildman–Crippen LogP) is 5.76. The van der Waals surface area contributed by atoms with Gasteiger partial charge in [-0.25, -0.2) is 0 Å². The zero-order valence-electron chi connectivity index (χ0n) is 14.9. The molecule has 0 fully saturated rings. The lowest BCUT2D eigenvalue weighted by Crippen LogP contribution is -2.34. The van der Waals surface area contributed by atoms with Gasteiger partial charge in [0.25, 0.3) is 5.91 Å². The van der Waals surface area contributed by atoms with Crippen LogP contribution in [0.4, 0.5) is 18.9 Å². The number of anilines is 1. The molecular weight excluding hydrogens is 469 g/mol. The number of methoxy groups -OCH3 is 1. The summed E-state index contributed by atoms with van der Waals surface area (Å²) in [5.74, 6) is -0.235. The molecule has 0 unspecified atom stereocenters. The third kappa shape index (κ3) is 4.68. The zero-order valence-corrected chi connectivity index (χ0v) is 17.3. The molecule has 0 aliphatic rings. The molecular formula is C20H14BrF3N2O2S. The summed E-state index contributed by atoms with van der Waals surface area (Å²) in [4.78, 5) is 12.7. The lowest BCUT2D eigenvalue weighted by molar-refractivity contribution is -0.137. The van der Waals surface area contributed by atoms with Crippen LogP contribution >= 0.6 is 28.1 Å². The van der Waals surface area contributed by atoms with Crippen molar-refractivity contribution in [1.82, 2.24) is 5.32 Å². The Balaban J connectivity index is 1.83. The van der Waals surface area contributed by atoms with Crippen LogP contribution in [0.5, 0.6) is 5.75 Å². The maximum absolute atomic E-state index is 12.8. The van der Waals surface area contributed by atoms with Crippen molar-refractivity contribution >= 4 is 55.6 Å². The van der Waals surface area contributed by atoms with Crippen LogP contribution in [0.15, 0.2) is 59.1 Å². The second-order valence-corrected chi connectivity index (χ2v) is 7.18. The summed E-state index contributed by atoms with van der Waals surface area (Å²) in [6.45, 7) is 0. The molecule has 3 aromatic carbocycles. The van der Waals surface area contributed by atoms with E-state index in [1.807, 2.05) is 24.3 Å². The number of halogens is 4. The van der Waals surface area contributed by atoms with Crippen LogP contribution in [0.25, 0.3) is 10.8 Å². The summed E-state index contributed by atoms with van der Waals surface area (Å²) in [5.41, 5.74) is -0.486. The molecule has 0 atom stereocenters. The number of carbonyl (C=O) groups is 1. The highest BCUT2D eigenvalue weighted by Gasteiger charge is 2.30. The molecule has 0 heterocycles. The summed E-state index contributed by atoms with van der Waals surface area (Å²) in [6, 6.07) is 13.6. The molecule has 0 aliphatic heterocycles. The van der Waals surface area contributed by atoms with Crippen molar-refractivity contribution in [3.63, 3.8) is 0 Å². The monoisotopic (exact) mass is 482 g/mol. The van der Waals surface area contributed by atoms with E-state index in [1.165, 1.54) is 19.2 Å². The number of carbonyl (C=O) groups excluding carboxylic acids is 1. The molecule has 3 aromatic rings. The minimum atomic E-state index is -4.48. The first-order chi connectivity index (χ1) is 13.7. The number of hydrogen-bond acceptors (Lipinski definition) is 3. The number of amides is 1. The van der Waals surface area contributed by atoms with Crippen molar-refractivity contribution in [1.29, 1.82) is 0 Å². The van der Waals surface area contributed by atoms with E-state index in [0.717, 1.165) is 22.9 Å². The molecule has 0 saturated heterocycles. The van der Waals surface area contributed by atoms with Crippen LogP contribution in [-0.4, -0.2) is 18.1 Å². The Morgan fingerprint density at radius 2 is 1.83 bits per heavy atom. The molecule has 150 valence electrons. The largest absolute Gasteiger partial charge is 0.495 e. The lowest BCUT2D eigenvalue weighted by atomic mass is 10.1. The molecule has 2 N–H and O–H groups in total. The fourth-order valence-electron chi connectivity index (χ4n) is 2.76. The summed E-state index contributed by atoms with van der Waals surface area (Å²) in [7, 11) is 1.44. The lowest BCUT2D eigenvalue weighted by Gasteiger charge is -2.15. The molecule has 3 rings (SSSR count). The van der Waals surface area contributed by atoms with Crippen LogP contribution < -0.4 is 15.4 Å².